The molecule has 0 N–H and O–H groups in total. The van der Waals surface area contributed by atoms with E-state index >= 15 is 0 Å². The summed E-state index contributed by atoms with van der Waals surface area (Å²) in [7, 11) is 1.66. The van der Waals surface area contributed by atoms with Gasteiger partial charge in [-0.15, -0.1) is 0 Å². The van der Waals surface area contributed by atoms with Crippen molar-refractivity contribution in [1.29, 1.82) is 0 Å². The van der Waals surface area contributed by atoms with Gasteiger partial charge in [0, 0.05) is 0 Å². The molecule has 1 heteroatoms. The Balaban J connectivity index is -0.0000000708. The van der Waals surface area contributed by atoms with Crippen LogP contribution >= 0.6 is 0 Å². The zero-order chi connectivity index (χ0) is 12.4. The average Bonchev–Trinajstić information content (AvgIpc) is 2.33. The molecule has 0 bridgehead atoms. The van der Waals surface area contributed by atoms with Crippen molar-refractivity contribution >= 4 is 0 Å². The Morgan fingerprint density at radius 2 is 1.21 bits per heavy atom. The molecule has 0 aromatic rings. The van der Waals surface area contributed by atoms with E-state index in [-0.39, 0.29) is 0 Å². The van der Waals surface area contributed by atoms with E-state index in [1.54, 1.807) is 7.11 Å². The molecule has 0 atom stereocenters. The maximum atomic E-state index is 4.91. The van der Waals surface area contributed by atoms with E-state index in [9.17, 15) is 0 Å². The normalized spacial score (nSPS) is 8.50. The SMILES string of the molecule is C/C=C\C(=C/C)OC.CC.CC.CC. The van der Waals surface area contributed by atoms with Crippen LogP contribution in [0.15, 0.2) is 24.0 Å². The van der Waals surface area contributed by atoms with E-state index in [0.717, 1.165) is 5.76 Å². The lowest BCUT2D eigenvalue weighted by Crippen LogP contribution is -1.77. The molecule has 14 heavy (non-hydrogen) atoms. The lowest BCUT2D eigenvalue weighted by atomic mass is 10.4. The van der Waals surface area contributed by atoms with Crippen LogP contribution in [0.2, 0.25) is 0 Å². The molecule has 0 amide bonds. The van der Waals surface area contributed by atoms with Crippen LogP contribution in [-0.4, -0.2) is 7.11 Å². The van der Waals surface area contributed by atoms with Gasteiger partial charge in [0.2, 0.25) is 0 Å². The van der Waals surface area contributed by atoms with Gasteiger partial charge in [0.1, 0.15) is 5.76 Å². The van der Waals surface area contributed by atoms with Gasteiger partial charge in [-0.2, -0.15) is 0 Å². The van der Waals surface area contributed by atoms with Gasteiger partial charge in [0.15, 0.2) is 0 Å². The molecule has 0 radical (unpaired) electrons. The molecule has 0 heterocycles. The molecule has 0 aromatic carbocycles. The Labute approximate surface area is 91.9 Å². The van der Waals surface area contributed by atoms with Crippen LogP contribution in [0.4, 0.5) is 0 Å². The van der Waals surface area contributed by atoms with Crippen molar-refractivity contribution in [1.82, 2.24) is 0 Å². The first-order chi connectivity index (χ1) is 6.85. The first-order valence-corrected chi connectivity index (χ1v) is 5.68. The van der Waals surface area contributed by atoms with E-state index in [2.05, 4.69) is 0 Å². The van der Waals surface area contributed by atoms with Gasteiger partial charge < -0.3 is 4.74 Å². The minimum Gasteiger partial charge on any atom is -0.497 e. The first kappa shape index (κ1) is 23.3. The van der Waals surface area contributed by atoms with Crippen molar-refractivity contribution in [2.45, 2.75) is 55.4 Å². The van der Waals surface area contributed by atoms with Crippen LogP contribution in [0.3, 0.4) is 0 Å². The molecule has 0 aliphatic heterocycles. The fraction of sp³-hybridized carbons (Fsp3) is 0.692. The highest BCUT2D eigenvalue weighted by atomic mass is 16.5. The molecular formula is C13H30O. The van der Waals surface area contributed by atoms with E-state index < -0.39 is 0 Å². The summed E-state index contributed by atoms with van der Waals surface area (Å²) in [6.07, 6.45) is 5.78. The summed E-state index contributed by atoms with van der Waals surface area (Å²) >= 11 is 0. The summed E-state index contributed by atoms with van der Waals surface area (Å²) in [5, 5.41) is 0. The second-order valence-corrected chi connectivity index (χ2v) is 1.40. The van der Waals surface area contributed by atoms with E-state index in [0.29, 0.717) is 0 Å². The maximum absolute atomic E-state index is 4.91. The van der Waals surface area contributed by atoms with Crippen LogP contribution in [0.5, 0.6) is 0 Å². The largest absolute Gasteiger partial charge is 0.497 e. The molecule has 0 saturated carbocycles. The average molecular weight is 202 g/mol. The molecular weight excluding hydrogens is 172 g/mol. The monoisotopic (exact) mass is 202 g/mol. The van der Waals surface area contributed by atoms with Gasteiger partial charge >= 0.3 is 0 Å². The van der Waals surface area contributed by atoms with Gasteiger partial charge in [-0.05, 0) is 26.0 Å². The lowest BCUT2D eigenvalue weighted by Gasteiger charge is -1.94. The molecule has 1 nitrogen and oxygen atoms in total. The summed E-state index contributed by atoms with van der Waals surface area (Å²) < 4.78 is 4.91. The van der Waals surface area contributed by atoms with Gasteiger partial charge in [0.25, 0.3) is 0 Å². The topological polar surface area (TPSA) is 9.23 Å². The van der Waals surface area contributed by atoms with Crippen LogP contribution in [0.25, 0.3) is 0 Å². The molecule has 0 aliphatic carbocycles. The Hall–Kier alpha value is -0.720. The summed E-state index contributed by atoms with van der Waals surface area (Å²) in [5.41, 5.74) is 0. The number of ether oxygens (including phenoxy) is 1. The fourth-order valence-corrected chi connectivity index (χ4v) is 0.446. The van der Waals surface area contributed by atoms with Crippen LogP contribution in [-0.2, 0) is 4.74 Å². The summed E-state index contributed by atoms with van der Waals surface area (Å²) in [6.45, 7) is 15.9. The van der Waals surface area contributed by atoms with Crippen molar-refractivity contribution in [3.63, 3.8) is 0 Å². The number of hydrogen-bond donors (Lipinski definition) is 0. The van der Waals surface area contributed by atoms with Crippen LogP contribution in [0.1, 0.15) is 55.4 Å². The number of allylic oxidation sites excluding steroid dienone is 3. The molecule has 0 aromatic heterocycles. The molecule has 0 saturated heterocycles. The third kappa shape index (κ3) is 30.2. The third-order valence-electron chi connectivity index (χ3n) is 0.851. The number of methoxy groups -OCH3 is 1. The highest BCUT2D eigenvalue weighted by Crippen LogP contribution is 1.94. The van der Waals surface area contributed by atoms with E-state index in [1.165, 1.54) is 0 Å². The van der Waals surface area contributed by atoms with E-state index in [1.807, 2.05) is 73.6 Å². The Bertz CT molecular complexity index is 99.0. The van der Waals surface area contributed by atoms with Crippen molar-refractivity contribution in [3.8, 4) is 0 Å². The van der Waals surface area contributed by atoms with Crippen LogP contribution in [0, 0.1) is 0 Å². The molecule has 0 fully saturated rings. The highest BCUT2D eigenvalue weighted by molar-refractivity contribution is 5.09. The first-order valence-electron chi connectivity index (χ1n) is 5.68. The third-order valence-corrected chi connectivity index (χ3v) is 0.851. The minimum atomic E-state index is 0.910. The fourth-order valence-electron chi connectivity index (χ4n) is 0.446. The lowest BCUT2D eigenvalue weighted by molar-refractivity contribution is 0.306. The second kappa shape index (κ2) is 39.6. The molecule has 0 spiro atoms. The van der Waals surface area contributed by atoms with Gasteiger partial charge in [0.05, 0.1) is 7.11 Å². The molecule has 0 aliphatic rings. The number of rotatable bonds is 2. The summed E-state index contributed by atoms with van der Waals surface area (Å²) in [6, 6.07) is 0. The maximum Gasteiger partial charge on any atom is 0.114 e. The summed E-state index contributed by atoms with van der Waals surface area (Å²) in [4.78, 5) is 0. The summed E-state index contributed by atoms with van der Waals surface area (Å²) in [5.74, 6) is 0.910. The van der Waals surface area contributed by atoms with Gasteiger partial charge in [-0.1, -0.05) is 47.6 Å². The smallest absolute Gasteiger partial charge is 0.114 e. The predicted octanol–water partition coefficient (Wildman–Crippen LogP) is 5.19. The van der Waals surface area contributed by atoms with Crippen molar-refractivity contribution in [2.75, 3.05) is 7.11 Å². The second-order valence-electron chi connectivity index (χ2n) is 1.40. The zero-order valence-corrected chi connectivity index (χ0v) is 11.6. The van der Waals surface area contributed by atoms with Gasteiger partial charge in [-0.3, -0.25) is 0 Å². The highest BCUT2D eigenvalue weighted by Gasteiger charge is 1.79. The van der Waals surface area contributed by atoms with Crippen LogP contribution < -0.4 is 0 Å². The van der Waals surface area contributed by atoms with Gasteiger partial charge in [-0.25, -0.2) is 0 Å². The van der Waals surface area contributed by atoms with Crippen molar-refractivity contribution in [2.24, 2.45) is 0 Å². The molecule has 88 valence electrons. The minimum absolute atomic E-state index is 0.910. The van der Waals surface area contributed by atoms with E-state index in [4.69, 9.17) is 4.74 Å². The van der Waals surface area contributed by atoms with Crippen molar-refractivity contribution in [3.05, 3.63) is 24.0 Å². The van der Waals surface area contributed by atoms with Crippen molar-refractivity contribution < 1.29 is 4.74 Å². The Morgan fingerprint density at radius 3 is 1.29 bits per heavy atom. The number of hydrogen-bond acceptors (Lipinski definition) is 1. The standard InChI is InChI=1S/C7H12O.3C2H6/c1-4-6-7(5-2)8-3;3*1-2/h4-6H,1-3H3;3*1-2H3/b6-4-,7-5+;;;. The zero-order valence-electron chi connectivity index (χ0n) is 11.6. The molecule has 0 rings (SSSR count). The quantitative estimate of drug-likeness (QED) is 0.442. The molecule has 0 unspecified atom stereocenters. The predicted molar refractivity (Wildman–Crippen MR) is 69.6 cm³/mol. The Kier molecular flexibility index (Phi) is 65.8. The Morgan fingerprint density at radius 1 is 0.857 bits per heavy atom.